The summed E-state index contributed by atoms with van der Waals surface area (Å²) in [5.41, 5.74) is 0.735. The van der Waals surface area contributed by atoms with E-state index >= 15 is 0 Å². The first-order valence-corrected chi connectivity index (χ1v) is 9.54. The third-order valence-electron chi connectivity index (χ3n) is 5.41. The van der Waals surface area contributed by atoms with Gasteiger partial charge in [-0.05, 0) is 30.4 Å². The van der Waals surface area contributed by atoms with Crippen molar-refractivity contribution in [1.29, 1.82) is 0 Å². The van der Waals surface area contributed by atoms with E-state index in [0.29, 0.717) is 19.6 Å². The van der Waals surface area contributed by atoms with Crippen LogP contribution in [0.5, 0.6) is 0 Å². The molecule has 1 N–H and O–H groups in total. The highest BCUT2D eigenvalue weighted by atomic mass is 16.5. The summed E-state index contributed by atoms with van der Waals surface area (Å²) in [5.74, 6) is -0.197. The fourth-order valence-corrected chi connectivity index (χ4v) is 3.99. The van der Waals surface area contributed by atoms with Crippen LogP contribution in [0.25, 0.3) is 0 Å². The molecule has 5 heteroatoms. The Morgan fingerprint density at radius 1 is 1.00 bits per heavy atom. The molecule has 0 saturated carbocycles. The number of rotatable bonds is 5. The van der Waals surface area contributed by atoms with Crippen LogP contribution in [0, 0.1) is 0 Å². The summed E-state index contributed by atoms with van der Waals surface area (Å²) in [6.45, 7) is 1.01. The van der Waals surface area contributed by atoms with Crippen LogP contribution in [-0.2, 0) is 21.5 Å². The Morgan fingerprint density at radius 3 is 2.37 bits per heavy atom. The molecule has 2 aromatic rings. The number of urea groups is 1. The zero-order chi connectivity index (χ0) is 18.7. The number of hydrogen-bond donors (Lipinski definition) is 1. The summed E-state index contributed by atoms with van der Waals surface area (Å²) in [7, 11) is 0. The Hall–Kier alpha value is -2.66. The van der Waals surface area contributed by atoms with Crippen molar-refractivity contribution in [3.63, 3.8) is 0 Å². The zero-order valence-corrected chi connectivity index (χ0v) is 15.3. The molecule has 0 radical (unpaired) electrons. The lowest BCUT2D eigenvalue weighted by Gasteiger charge is -2.29. The van der Waals surface area contributed by atoms with Crippen molar-refractivity contribution < 1.29 is 14.3 Å². The fraction of sp³-hybridized carbons (Fsp3) is 0.364. The molecule has 0 aromatic heterocycles. The van der Waals surface area contributed by atoms with E-state index in [1.165, 1.54) is 4.90 Å². The number of benzene rings is 2. The van der Waals surface area contributed by atoms with Gasteiger partial charge in [0.1, 0.15) is 0 Å². The van der Waals surface area contributed by atoms with E-state index in [4.69, 9.17) is 4.74 Å². The van der Waals surface area contributed by atoms with Gasteiger partial charge in [-0.2, -0.15) is 0 Å². The van der Waals surface area contributed by atoms with Crippen molar-refractivity contribution in [3.8, 4) is 0 Å². The Morgan fingerprint density at radius 2 is 1.70 bits per heavy atom. The van der Waals surface area contributed by atoms with Gasteiger partial charge in [-0.3, -0.25) is 9.69 Å². The third-order valence-corrected chi connectivity index (χ3v) is 5.41. The number of nitrogens with zero attached hydrogens (tertiary/aromatic N) is 1. The van der Waals surface area contributed by atoms with Gasteiger partial charge in [0.25, 0.3) is 5.91 Å². The molecule has 27 heavy (non-hydrogen) atoms. The molecular formula is C22H24N2O3. The van der Waals surface area contributed by atoms with Crippen LogP contribution in [0.3, 0.4) is 0 Å². The Kier molecular flexibility index (Phi) is 4.94. The molecule has 4 rings (SSSR count). The lowest BCUT2D eigenvalue weighted by molar-refractivity contribution is -0.133. The first kappa shape index (κ1) is 17.7. The quantitative estimate of drug-likeness (QED) is 0.829. The molecule has 2 saturated heterocycles. The number of hydrogen-bond acceptors (Lipinski definition) is 3. The maximum atomic E-state index is 13.5. The topological polar surface area (TPSA) is 58.6 Å². The normalized spacial score (nSPS) is 25.5. The number of carbonyl (C=O) groups is 2. The summed E-state index contributed by atoms with van der Waals surface area (Å²) < 4.78 is 5.75. The maximum Gasteiger partial charge on any atom is 0.325 e. The van der Waals surface area contributed by atoms with Crippen LogP contribution < -0.4 is 5.32 Å². The number of imide groups is 1. The van der Waals surface area contributed by atoms with Crippen LogP contribution in [0.1, 0.15) is 30.4 Å². The van der Waals surface area contributed by atoms with Gasteiger partial charge >= 0.3 is 6.03 Å². The zero-order valence-electron chi connectivity index (χ0n) is 15.3. The van der Waals surface area contributed by atoms with Gasteiger partial charge in [-0.25, -0.2) is 4.79 Å². The Balaban J connectivity index is 1.66. The van der Waals surface area contributed by atoms with Crippen LogP contribution >= 0.6 is 0 Å². The third kappa shape index (κ3) is 3.47. The van der Waals surface area contributed by atoms with E-state index < -0.39 is 5.54 Å². The largest absolute Gasteiger partial charge is 0.376 e. The molecule has 2 aliphatic rings. The van der Waals surface area contributed by atoms with E-state index in [1.807, 2.05) is 60.7 Å². The van der Waals surface area contributed by atoms with Gasteiger partial charge < -0.3 is 10.1 Å². The number of amides is 3. The average molecular weight is 364 g/mol. The summed E-state index contributed by atoms with van der Waals surface area (Å²) in [6, 6.07) is 19.0. The van der Waals surface area contributed by atoms with Gasteiger partial charge in [-0.1, -0.05) is 60.7 Å². The lowest BCUT2D eigenvalue weighted by Crippen LogP contribution is -2.46. The van der Waals surface area contributed by atoms with Crippen molar-refractivity contribution in [3.05, 3.63) is 71.8 Å². The van der Waals surface area contributed by atoms with Crippen molar-refractivity contribution in [2.75, 3.05) is 13.2 Å². The second-order valence-corrected chi connectivity index (χ2v) is 7.27. The predicted octanol–water partition coefficient (Wildman–Crippen LogP) is 3.25. The minimum absolute atomic E-state index is 0.0725. The standard InChI is InChI=1S/C22H24N2O3/c25-20-22(18-11-5-2-6-12-18,15-17-9-3-1-4-10-17)23-21(26)24(20)16-19-13-7-8-14-27-19/h1-6,9-12,19H,7-8,13-16H2,(H,23,26). The van der Waals surface area contributed by atoms with Crippen LogP contribution in [0.2, 0.25) is 0 Å². The van der Waals surface area contributed by atoms with Gasteiger partial charge in [0.15, 0.2) is 5.54 Å². The molecule has 0 aliphatic carbocycles. The van der Waals surface area contributed by atoms with Gasteiger partial charge in [0.2, 0.25) is 0 Å². The monoisotopic (exact) mass is 364 g/mol. The first-order valence-electron chi connectivity index (χ1n) is 9.54. The van der Waals surface area contributed by atoms with E-state index in [1.54, 1.807) is 0 Å². The highest BCUT2D eigenvalue weighted by Crippen LogP contribution is 2.33. The lowest BCUT2D eigenvalue weighted by atomic mass is 9.83. The van der Waals surface area contributed by atoms with Crippen molar-refractivity contribution in [2.24, 2.45) is 0 Å². The number of ether oxygens (including phenoxy) is 1. The molecular weight excluding hydrogens is 340 g/mol. The van der Waals surface area contributed by atoms with Crippen LogP contribution in [-0.4, -0.2) is 36.1 Å². The van der Waals surface area contributed by atoms with Crippen molar-refractivity contribution in [1.82, 2.24) is 10.2 Å². The minimum atomic E-state index is -1.08. The molecule has 2 atom stereocenters. The second-order valence-electron chi connectivity index (χ2n) is 7.27. The maximum absolute atomic E-state index is 13.5. The van der Waals surface area contributed by atoms with Gasteiger partial charge in [0, 0.05) is 13.0 Å². The molecule has 2 fully saturated rings. The first-order chi connectivity index (χ1) is 13.2. The molecule has 2 heterocycles. The Bertz CT molecular complexity index is 803. The van der Waals surface area contributed by atoms with Crippen molar-refractivity contribution in [2.45, 2.75) is 37.3 Å². The van der Waals surface area contributed by atoms with E-state index in [9.17, 15) is 9.59 Å². The second kappa shape index (κ2) is 7.53. The summed E-state index contributed by atoms with van der Waals surface area (Å²) >= 11 is 0. The molecule has 2 aliphatic heterocycles. The highest BCUT2D eigenvalue weighted by Gasteiger charge is 2.52. The molecule has 0 spiro atoms. The predicted molar refractivity (Wildman–Crippen MR) is 102 cm³/mol. The highest BCUT2D eigenvalue weighted by molar-refractivity contribution is 6.07. The van der Waals surface area contributed by atoms with Crippen LogP contribution in [0.15, 0.2) is 60.7 Å². The molecule has 2 aromatic carbocycles. The molecule has 3 amide bonds. The van der Waals surface area contributed by atoms with E-state index in [2.05, 4.69) is 5.32 Å². The minimum Gasteiger partial charge on any atom is -0.376 e. The Labute approximate surface area is 159 Å². The number of nitrogens with one attached hydrogen (secondary N) is 1. The van der Waals surface area contributed by atoms with Gasteiger partial charge in [0.05, 0.1) is 12.6 Å². The SMILES string of the molecule is O=C1NC(Cc2ccccc2)(c2ccccc2)C(=O)N1CC1CCCCO1. The summed E-state index contributed by atoms with van der Waals surface area (Å²) in [4.78, 5) is 27.6. The molecule has 2 unspecified atom stereocenters. The van der Waals surface area contributed by atoms with E-state index in [-0.39, 0.29) is 18.0 Å². The fourth-order valence-electron chi connectivity index (χ4n) is 3.99. The number of carbonyl (C=O) groups excluding carboxylic acids is 2. The smallest absolute Gasteiger partial charge is 0.325 e. The van der Waals surface area contributed by atoms with Crippen molar-refractivity contribution >= 4 is 11.9 Å². The molecule has 5 nitrogen and oxygen atoms in total. The average Bonchev–Trinajstić information content (AvgIpc) is 2.95. The molecule has 0 bridgehead atoms. The summed E-state index contributed by atoms with van der Waals surface area (Å²) in [5, 5.41) is 3.00. The molecule has 140 valence electrons. The van der Waals surface area contributed by atoms with Crippen LogP contribution in [0.4, 0.5) is 4.79 Å². The summed E-state index contributed by atoms with van der Waals surface area (Å²) in [6.07, 6.45) is 3.34. The van der Waals surface area contributed by atoms with Gasteiger partial charge in [-0.15, -0.1) is 0 Å². The van der Waals surface area contributed by atoms with E-state index in [0.717, 1.165) is 30.4 Å².